The highest BCUT2D eigenvalue weighted by Gasteiger charge is 2.34. The summed E-state index contributed by atoms with van der Waals surface area (Å²) in [7, 11) is 0. The average molecular weight is 477 g/mol. The van der Waals surface area contributed by atoms with Gasteiger partial charge in [-0.3, -0.25) is 19.3 Å². The number of rotatable bonds is 5. The lowest BCUT2D eigenvalue weighted by atomic mass is 10.2. The highest BCUT2D eigenvalue weighted by molar-refractivity contribution is 8.18. The molecule has 2 aromatic rings. The third-order valence-corrected chi connectivity index (χ3v) is 5.94. The van der Waals surface area contributed by atoms with Crippen LogP contribution in [0.1, 0.15) is 22.3 Å². The van der Waals surface area contributed by atoms with Crippen LogP contribution in [0.5, 0.6) is 11.5 Å². The van der Waals surface area contributed by atoms with Crippen LogP contribution < -0.4 is 14.8 Å². The lowest BCUT2D eigenvalue weighted by Gasteiger charge is -2.14. The number of amides is 3. The number of ether oxygens (including phenoxy) is 2. The van der Waals surface area contributed by atoms with Crippen LogP contribution in [0.25, 0.3) is 6.08 Å². The summed E-state index contributed by atoms with van der Waals surface area (Å²) in [4.78, 5) is 38.4. The molecular formula is C22H18ClFN2O5S. The van der Waals surface area contributed by atoms with Gasteiger partial charge in [0.05, 0.1) is 23.1 Å². The van der Waals surface area contributed by atoms with Gasteiger partial charge in [0.2, 0.25) is 0 Å². The molecule has 0 aromatic heterocycles. The number of carbonyl (C=O) groups is 3. The third kappa shape index (κ3) is 4.73. The molecule has 0 spiro atoms. The quantitative estimate of drug-likeness (QED) is 0.654. The van der Waals surface area contributed by atoms with E-state index in [2.05, 4.69) is 5.32 Å². The van der Waals surface area contributed by atoms with Gasteiger partial charge < -0.3 is 14.8 Å². The maximum Gasteiger partial charge on any atom is 0.293 e. The van der Waals surface area contributed by atoms with E-state index in [1.54, 1.807) is 12.1 Å². The zero-order valence-corrected chi connectivity index (χ0v) is 18.3. The molecule has 4 rings (SSSR count). The summed E-state index contributed by atoms with van der Waals surface area (Å²) in [6.45, 7) is 0.939. The van der Waals surface area contributed by atoms with Gasteiger partial charge in [0.1, 0.15) is 5.82 Å². The normalized spacial score (nSPS) is 16.9. The van der Waals surface area contributed by atoms with Gasteiger partial charge in [0.25, 0.3) is 17.1 Å². The molecule has 2 aliphatic rings. The van der Waals surface area contributed by atoms with E-state index in [0.29, 0.717) is 31.1 Å². The minimum atomic E-state index is -0.531. The summed E-state index contributed by atoms with van der Waals surface area (Å²) in [6, 6.07) is 8.99. The first-order valence-corrected chi connectivity index (χ1v) is 11.0. The van der Waals surface area contributed by atoms with Gasteiger partial charge in [-0.25, -0.2) is 4.39 Å². The molecule has 7 nitrogen and oxygen atoms in total. The van der Waals surface area contributed by atoms with E-state index >= 15 is 0 Å². The topological polar surface area (TPSA) is 84.9 Å². The molecule has 0 saturated carbocycles. The first-order chi connectivity index (χ1) is 15.4. The number of benzene rings is 2. The monoisotopic (exact) mass is 476 g/mol. The molecule has 0 aliphatic carbocycles. The van der Waals surface area contributed by atoms with Crippen molar-refractivity contribution in [2.75, 3.05) is 26.3 Å². The Bertz CT molecular complexity index is 1120. The van der Waals surface area contributed by atoms with Crippen LogP contribution in [0.4, 0.5) is 9.18 Å². The molecule has 10 heteroatoms. The van der Waals surface area contributed by atoms with E-state index in [4.69, 9.17) is 21.1 Å². The Morgan fingerprint density at radius 1 is 1.22 bits per heavy atom. The SMILES string of the molecule is O=C(NCCN1C(=O)S/C(=C\c2ccccc2F)C1=O)c1cc(Cl)c2c(c1)OCCCO2. The second-order valence-corrected chi connectivity index (χ2v) is 8.35. The highest BCUT2D eigenvalue weighted by Crippen LogP contribution is 2.38. The lowest BCUT2D eigenvalue weighted by Crippen LogP contribution is -2.37. The van der Waals surface area contributed by atoms with Crippen LogP contribution >= 0.6 is 23.4 Å². The van der Waals surface area contributed by atoms with Gasteiger partial charge in [-0.2, -0.15) is 0 Å². The minimum Gasteiger partial charge on any atom is -0.489 e. The predicted octanol–water partition coefficient (Wildman–Crippen LogP) is 4.11. The number of carbonyl (C=O) groups excluding carboxylic acids is 3. The standard InChI is InChI=1S/C22H18ClFN2O5S/c23-15-10-14(11-17-19(15)31-9-3-8-30-17)20(27)25-6-7-26-21(28)18(32-22(26)29)12-13-4-1-2-5-16(13)24/h1-2,4-5,10-12H,3,6-9H2,(H,25,27)/b18-12-. The molecule has 0 radical (unpaired) electrons. The van der Waals surface area contributed by atoms with E-state index in [9.17, 15) is 18.8 Å². The van der Waals surface area contributed by atoms with Crippen molar-refractivity contribution < 1.29 is 28.2 Å². The maximum absolute atomic E-state index is 13.8. The predicted molar refractivity (Wildman–Crippen MR) is 118 cm³/mol. The van der Waals surface area contributed by atoms with Crippen LogP contribution in [-0.2, 0) is 4.79 Å². The molecule has 32 heavy (non-hydrogen) atoms. The van der Waals surface area contributed by atoms with Crippen molar-refractivity contribution in [3.8, 4) is 11.5 Å². The largest absolute Gasteiger partial charge is 0.489 e. The molecule has 0 atom stereocenters. The van der Waals surface area contributed by atoms with E-state index in [0.717, 1.165) is 16.7 Å². The Balaban J connectivity index is 1.38. The second kappa shape index (κ2) is 9.62. The molecule has 2 aromatic carbocycles. The van der Waals surface area contributed by atoms with Crippen LogP contribution in [0.2, 0.25) is 5.02 Å². The summed E-state index contributed by atoms with van der Waals surface area (Å²) < 4.78 is 25.0. The first-order valence-electron chi connectivity index (χ1n) is 9.81. The van der Waals surface area contributed by atoms with Gasteiger partial charge >= 0.3 is 0 Å². The summed E-state index contributed by atoms with van der Waals surface area (Å²) in [5.74, 6) is -0.655. The molecular weight excluding hydrogens is 459 g/mol. The van der Waals surface area contributed by atoms with Crippen LogP contribution in [0, 0.1) is 5.82 Å². The van der Waals surface area contributed by atoms with Gasteiger partial charge in [-0.1, -0.05) is 29.8 Å². The number of nitrogens with zero attached hydrogens (tertiary/aromatic N) is 1. The minimum absolute atomic E-state index is 0.0245. The van der Waals surface area contributed by atoms with Gasteiger partial charge in [0, 0.05) is 30.6 Å². The molecule has 0 unspecified atom stereocenters. The number of thioether (sulfide) groups is 1. The highest BCUT2D eigenvalue weighted by atomic mass is 35.5. The Morgan fingerprint density at radius 2 is 2.00 bits per heavy atom. The Hall–Kier alpha value is -3.04. The second-order valence-electron chi connectivity index (χ2n) is 6.95. The van der Waals surface area contributed by atoms with E-state index in [-0.39, 0.29) is 34.1 Å². The zero-order valence-electron chi connectivity index (χ0n) is 16.7. The third-order valence-electron chi connectivity index (χ3n) is 4.75. The maximum atomic E-state index is 13.8. The van der Waals surface area contributed by atoms with Crippen molar-refractivity contribution in [2.45, 2.75) is 6.42 Å². The van der Waals surface area contributed by atoms with Gasteiger partial charge in [0.15, 0.2) is 11.5 Å². The Morgan fingerprint density at radius 3 is 2.81 bits per heavy atom. The molecule has 2 heterocycles. The van der Waals surface area contributed by atoms with Crippen LogP contribution in [-0.4, -0.2) is 48.3 Å². The smallest absolute Gasteiger partial charge is 0.293 e. The zero-order chi connectivity index (χ0) is 22.7. The number of hydrogen-bond donors (Lipinski definition) is 1. The molecule has 0 bridgehead atoms. The van der Waals surface area contributed by atoms with Crippen molar-refractivity contribution in [3.63, 3.8) is 0 Å². The lowest BCUT2D eigenvalue weighted by molar-refractivity contribution is -0.122. The molecule has 166 valence electrons. The summed E-state index contributed by atoms with van der Waals surface area (Å²) in [5.41, 5.74) is 0.491. The molecule has 1 fully saturated rings. The number of hydrogen-bond acceptors (Lipinski definition) is 6. The fourth-order valence-corrected chi connectivity index (χ4v) is 4.29. The van der Waals surface area contributed by atoms with Gasteiger partial charge in [-0.15, -0.1) is 0 Å². The van der Waals surface area contributed by atoms with E-state index in [1.165, 1.54) is 30.3 Å². The Labute approximate surface area is 192 Å². The summed E-state index contributed by atoms with van der Waals surface area (Å²) in [6.07, 6.45) is 2.05. The molecule has 1 N–H and O–H groups in total. The molecule has 1 saturated heterocycles. The number of fused-ring (bicyclic) bond motifs is 1. The fraction of sp³-hybridized carbons (Fsp3) is 0.227. The van der Waals surface area contributed by atoms with Crippen molar-refractivity contribution in [1.29, 1.82) is 0 Å². The number of nitrogens with one attached hydrogen (secondary N) is 1. The van der Waals surface area contributed by atoms with Crippen LogP contribution in [0.15, 0.2) is 41.3 Å². The van der Waals surface area contributed by atoms with Crippen LogP contribution in [0.3, 0.4) is 0 Å². The van der Waals surface area contributed by atoms with Gasteiger partial charge in [-0.05, 0) is 36.0 Å². The number of halogens is 2. The van der Waals surface area contributed by atoms with E-state index < -0.39 is 22.9 Å². The van der Waals surface area contributed by atoms with E-state index in [1.807, 2.05) is 0 Å². The molecule has 2 aliphatic heterocycles. The molecule has 3 amide bonds. The van der Waals surface area contributed by atoms with Crippen molar-refractivity contribution >= 4 is 46.5 Å². The number of imide groups is 1. The fourth-order valence-electron chi connectivity index (χ4n) is 3.17. The van der Waals surface area contributed by atoms with Crippen molar-refractivity contribution in [3.05, 3.63) is 63.3 Å². The average Bonchev–Trinajstić information content (AvgIpc) is 2.94. The first kappa shape index (κ1) is 22.2. The van der Waals surface area contributed by atoms with Crippen molar-refractivity contribution in [2.24, 2.45) is 0 Å². The summed E-state index contributed by atoms with van der Waals surface area (Å²) >= 11 is 6.95. The summed E-state index contributed by atoms with van der Waals surface area (Å²) in [5, 5.41) is 2.44. The van der Waals surface area contributed by atoms with Crippen molar-refractivity contribution in [1.82, 2.24) is 10.2 Å². The Kier molecular flexibility index (Phi) is 6.66.